The Balaban J connectivity index is 2.36. The summed E-state index contributed by atoms with van der Waals surface area (Å²) in [6.07, 6.45) is -3.70. The van der Waals surface area contributed by atoms with Crippen LogP contribution in [0.3, 0.4) is 0 Å². The first-order chi connectivity index (χ1) is 8.37. The third-order valence-corrected chi connectivity index (χ3v) is 2.14. The predicted octanol–water partition coefficient (Wildman–Crippen LogP) is 2.91. The molecule has 1 aromatic rings. The van der Waals surface area contributed by atoms with Gasteiger partial charge in [-0.25, -0.2) is 0 Å². The molecule has 0 atom stereocenters. The molecule has 102 valence electrons. The summed E-state index contributed by atoms with van der Waals surface area (Å²) in [4.78, 5) is 4.10. The van der Waals surface area contributed by atoms with Crippen molar-refractivity contribution in [1.82, 2.24) is 10.3 Å². The van der Waals surface area contributed by atoms with Gasteiger partial charge in [0.05, 0.1) is 24.9 Å². The molecule has 1 heterocycles. The van der Waals surface area contributed by atoms with Crippen LogP contribution in [0.1, 0.15) is 26.0 Å². The molecule has 0 saturated carbocycles. The fourth-order valence-electron chi connectivity index (χ4n) is 1.19. The number of rotatable bonds is 6. The first kappa shape index (κ1) is 14.8. The monoisotopic (exact) mass is 262 g/mol. The van der Waals surface area contributed by atoms with E-state index in [-0.39, 0.29) is 6.61 Å². The van der Waals surface area contributed by atoms with Crippen LogP contribution in [0.25, 0.3) is 0 Å². The van der Waals surface area contributed by atoms with Crippen molar-refractivity contribution in [2.24, 2.45) is 0 Å². The molecular weight excluding hydrogens is 245 g/mol. The van der Waals surface area contributed by atoms with Gasteiger partial charge in [-0.2, -0.15) is 13.2 Å². The van der Waals surface area contributed by atoms with Crippen LogP contribution < -0.4 is 10.1 Å². The number of halogens is 3. The number of hydrogen-bond donors (Lipinski definition) is 1. The number of pyridine rings is 1. The van der Waals surface area contributed by atoms with Gasteiger partial charge in [0.2, 0.25) is 0 Å². The molecule has 1 rings (SSSR count). The van der Waals surface area contributed by atoms with Gasteiger partial charge in [-0.15, -0.1) is 0 Å². The largest absolute Gasteiger partial charge is 0.492 e. The van der Waals surface area contributed by atoms with E-state index < -0.39 is 12.6 Å². The molecule has 1 N–H and O–H groups in total. The van der Waals surface area contributed by atoms with Crippen LogP contribution in [0.5, 0.6) is 5.75 Å². The Morgan fingerprint density at radius 1 is 1.33 bits per heavy atom. The molecule has 0 amide bonds. The minimum Gasteiger partial charge on any atom is -0.492 e. The molecule has 0 radical (unpaired) electrons. The summed E-state index contributed by atoms with van der Waals surface area (Å²) in [6.45, 7) is 4.29. The van der Waals surface area contributed by atoms with E-state index in [0.717, 1.165) is 5.69 Å². The number of ether oxygens (including phenoxy) is 1. The number of hydrogen-bond acceptors (Lipinski definition) is 3. The van der Waals surface area contributed by atoms with E-state index in [4.69, 9.17) is 4.74 Å². The molecule has 0 unspecified atom stereocenters. The van der Waals surface area contributed by atoms with Crippen molar-refractivity contribution in [1.29, 1.82) is 0 Å². The van der Waals surface area contributed by atoms with Crippen LogP contribution in [-0.2, 0) is 6.54 Å². The Morgan fingerprint density at radius 2 is 2.06 bits per heavy atom. The van der Waals surface area contributed by atoms with Crippen LogP contribution in [0.15, 0.2) is 18.3 Å². The minimum absolute atomic E-state index is 0.354. The lowest BCUT2D eigenvalue weighted by molar-refractivity contribution is -0.139. The molecule has 0 aliphatic rings. The molecule has 0 fully saturated rings. The van der Waals surface area contributed by atoms with Crippen LogP contribution in [0, 0.1) is 0 Å². The smallest absolute Gasteiger partial charge is 0.392 e. The maximum absolute atomic E-state index is 11.9. The number of nitrogens with one attached hydrogen (secondary N) is 1. The van der Waals surface area contributed by atoms with Crippen LogP contribution >= 0.6 is 0 Å². The van der Waals surface area contributed by atoms with Crippen LogP contribution in [0.4, 0.5) is 13.2 Å². The highest BCUT2D eigenvalue weighted by Gasteiger charge is 2.26. The second kappa shape index (κ2) is 6.58. The van der Waals surface area contributed by atoms with E-state index in [2.05, 4.69) is 10.3 Å². The van der Waals surface area contributed by atoms with Gasteiger partial charge in [0.15, 0.2) is 0 Å². The highest BCUT2D eigenvalue weighted by molar-refractivity contribution is 5.19. The van der Waals surface area contributed by atoms with Crippen molar-refractivity contribution in [3.05, 3.63) is 24.0 Å². The standard InChI is InChI=1S/C12H17F3N2O/c1-9(2)16-7-10-3-4-11(8-17-10)18-6-5-12(13,14)15/h3-4,8-9,16H,5-7H2,1-2H3. The Labute approximate surface area is 104 Å². The lowest BCUT2D eigenvalue weighted by Gasteiger charge is -2.10. The lowest BCUT2D eigenvalue weighted by atomic mass is 10.3. The zero-order chi connectivity index (χ0) is 13.6. The zero-order valence-corrected chi connectivity index (χ0v) is 10.4. The quantitative estimate of drug-likeness (QED) is 0.856. The molecular formula is C12H17F3N2O. The summed E-state index contributed by atoms with van der Waals surface area (Å²) in [5.74, 6) is 0.354. The SMILES string of the molecule is CC(C)NCc1ccc(OCCC(F)(F)F)cn1. The fraction of sp³-hybridized carbons (Fsp3) is 0.583. The Hall–Kier alpha value is -1.30. The van der Waals surface area contributed by atoms with E-state index in [1.807, 2.05) is 13.8 Å². The van der Waals surface area contributed by atoms with Crippen LogP contribution in [-0.4, -0.2) is 23.8 Å². The number of alkyl halides is 3. The van der Waals surface area contributed by atoms with Crippen molar-refractivity contribution < 1.29 is 17.9 Å². The Morgan fingerprint density at radius 3 is 2.56 bits per heavy atom. The van der Waals surface area contributed by atoms with Gasteiger partial charge >= 0.3 is 6.18 Å². The van der Waals surface area contributed by atoms with Gasteiger partial charge in [-0.3, -0.25) is 4.98 Å². The first-order valence-corrected chi connectivity index (χ1v) is 5.74. The summed E-state index contributed by atoms with van der Waals surface area (Å²) in [5.41, 5.74) is 0.826. The van der Waals surface area contributed by atoms with E-state index in [1.54, 1.807) is 12.1 Å². The van der Waals surface area contributed by atoms with Crippen molar-refractivity contribution in [3.63, 3.8) is 0 Å². The predicted molar refractivity (Wildman–Crippen MR) is 62.4 cm³/mol. The number of aromatic nitrogens is 1. The highest BCUT2D eigenvalue weighted by atomic mass is 19.4. The third kappa shape index (κ3) is 6.44. The molecule has 0 spiro atoms. The third-order valence-electron chi connectivity index (χ3n) is 2.14. The van der Waals surface area contributed by atoms with Gasteiger partial charge in [0.1, 0.15) is 5.75 Å². The molecule has 0 aromatic carbocycles. The summed E-state index contributed by atoms with van der Waals surface area (Å²) in [5, 5.41) is 3.19. The first-order valence-electron chi connectivity index (χ1n) is 5.74. The summed E-state index contributed by atoms with van der Waals surface area (Å²) >= 11 is 0. The van der Waals surface area contributed by atoms with Gasteiger partial charge in [-0.1, -0.05) is 13.8 Å². The average molecular weight is 262 g/mol. The normalized spacial score (nSPS) is 11.9. The van der Waals surface area contributed by atoms with Crippen molar-refractivity contribution in [2.75, 3.05) is 6.61 Å². The summed E-state index contributed by atoms with van der Waals surface area (Å²) in [7, 11) is 0. The Kier molecular flexibility index (Phi) is 5.40. The van der Waals surface area contributed by atoms with E-state index in [0.29, 0.717) is 18.3 Å². The Bertz CT molecular complexity index is 349. The van der Waals surface area contributed by atoms with E-state index in [9.17, 15) is 13.2 Å². The van der Waals surface area contributed by atoms with Gasteiger partial charge in [0.25, 0.3) is 0 Å². The molecule has 1 aromatic heterocycles. The molecule has 6 heteroatoms. The number of nitrogens with zero attached hydrogens (tertiary/aromatic N) is 1. The topological polar surface area (TPSA) is 34.1 Å². The van der Waals surface area contributed by atoms with Crippen LogP contribution in [0.2, 0.25) is 0 Å². The van der Waals surface area contributed by atoms with E-state index in [1.165, 1.54) is 6.20 Å². The molecule has 3 nitrogen and oxygen atoms in total. The van der Waals surface area contributed by atoms with Crippen molar-refractivity contribution in [2.45, 2.75) is 39.0 Å². The molecule has 0 aliphatic carbocycles. The zero-order valence-electron chi connectivity index (χ0n) is 10.4. The maximum Gasteiger partial charge on any atom is 0.392 e. The summed E-state index contributed by atoms with van der Waals surface area (Å²) in [6, 6.07) is 3.72. The summed E-state index contributed by atoms with van der Waals surface area (Å²) < 4.78 is 40.6. The fourth-order valence-corrected chi connectivity index (χ4v) is 1.19. The second-order valence-corrected chi connectivity index (χ2v) is 4.23. The lowest BCUT2D eigenvalue weighted by Crippen LogP contribution is -2.22. The van der Waals surface area contributed by atoms with Gasteiger partial charge in [-0.05, 0) is 12.1 Å². The van der Waals surface area contributed by atoms with Crippen molar-refractivity contribution in [3.8, 4) is 5.75 Å². The minimum atomic E-state index is -4.19. The van der Waals surface area contributed by atoms with Gasteiger partial charge < -0.3 is 10.1 Å². The molecule has 18 heavy (non-hydrogen) atoms. The molecule has 0 saturated heterocycles. The second-order valence-electron chi connectivity index (χ2n) is 4.23. The van der Waals surface area contributed by atoms with E-state index >= 15 is 0 Å². The molecule has 0 bridgehead atoms. The highest BCUT2D eigenvalue weighted by Crippen LogP contribution is 2.20. The van der Waals surface area contributed by atoms with Crippen molar-refractivity contribution >= 4 is 0 Å². The average Bonchev–Trinajstić information content (AvgIpc) is 2.26. The maximum atomic E-state index is 11.9. The van der Waals surface area contributed by atoms with Gasteiger partial charge in [0, 0.05) is 12.6 Å². The molecule has 0 aliphatic heterocycles.